The van der Waals surface area contributed by atoms with Gasteiger partial charge < -0.3 is 0 Å². The van der Waals surface area contributed by atoms with Crippen molar-refractivity contribution < 1.29 is 0 Å². The monoisotopic (exact) mass is 560 g/mol. The van der Waals surface area contributed by atoms with Crippen molar-refractivity contribution in [2.24, 2.45) is 0 Å². The third-order valence-electron chi connectivity index (χ3n) is 7.97. The molecule has 0 radical (unpaired) electrons. The normalized spacial score (nSPS) is 12.0. The van der Waals surface area contributed by atoms with Crippen molar-refractivity contribution in [3.05, 3.63) is 134 Å². The molecule has 0 saturated carbocycles. The minimum atomic E-state index is -0.723. The van der Waals surface area contributed by atoms with E-state index in [9.17, 15) is 0 Å². The maximum absolute atomic E-state index is 5.24. The van der Waals surface area contributed by atoms with Gasteiger partial charge in [0.15, 0.2) is 11.6 Å². The Morgan fingerprint density at radius 2 is 0.884 bits per heavy atom. The van der Waals surface area contributed by atoms with Crippen molar-refractivity contribution in [2.75, 3.05) is 0 Å². The van der Waals surface area contributed by atoms with E-state index in [0.29, 0.717) is 0 Å². The van der Waals surface area contributed by atoms with E-state index in [-0.39, 0.29) is 0 Å². The van der Waals surface area contributed by atoms with Crippen LogP contribution in [-0.4, -0.2) is 38.7 Å². The highest BCUT2D eigenvalue weighted by Gasteiger charge is 2.32. The Hall–Kier alpha value is -5.76. The average Bonchev–Trinajstić information content (AvgIpc) is 3.85. The van der Waals surface area contributed by atoms with Crippen LogP contribution < -0.4 is 0 Å². The van der Waals surface area contributed by atoms with Gasteiger partial charge in [-0.25, -0.2) is 19.3 Å². The molecule has 8 aromatic rings. The van der Waals surface area contributed by atoms with Gasteiger partial charge in [0.2, 0.25) is 0 Å². The van der Waals surface area contributed by atoms with Crippen LogP contribution in [0.15, 0.2) is 134 Å². The maximum atomic E-state index is 5.24. The quantitative estimate of drug-likeness (QED) is 0.213. The molecule has 0 fully saturated rings. The summed E-state index contributed by atoms with van der Waals surface area (Å²) in [5, 5.41) is 10.5. The zero-order chi connectivity index (χ0) is 29.0. The zero-order valence-corrected chi connectivity index (χ0v) is 23.8. The van der Waals surface area contributed by atoms with Gasteiger partial charge in [-0.05, 0) is 49.2 Å². The first kappa shape index (κ1) is 25.0. The van der Waals surface area contributed by atoms with Gasteiger partial charge in [0.05, 0.1) is 33.5 Å². The van der Waals surface area contributed by atoms with E-state index in [1.54, 1.807) is 0 Å². The summed E-state index contributed by atoms with van der Waals surface area (Å²) in [6.45, 7) is 4.30. The molecule has 4 aromatic heterocycles. The molecule has 0 aliphatic heterocycles. The van der Waals surface area contributed by atoms with Gasteiger partial charge in [0.25, 0.3) is 0 Å². The van der Waals surface area contributed by atoms with Crippen molar-refractivity contribution >= 4 is 22.1 Å². The number of benzene rings is 4. The van der Waals surface area contributed by atoms with Gasteiger partial charge in [-0.15, -0.1) is 0 Å². The van der Waals surface area contributed by atoms with E-state index >= 15 is 0 Å². The second kappa shape index (κ2) is 9.66. The summed E-state index contributed by atoms with van der Waals surface area (Å²) < 4.78 is 8.22. The number of nitrogens with zero attached hydrogens (tertiary/aromatic N) is 8. The van der Waals surface area contributed by atoms with Crippen LogP contribution in [0.5, 0.6) is 0 Å². The van der Waals surface area contributed by atoms with Crippen LogP contribution in [0.25, 0.3) is 56.2 Å². The van der Waals surface area contributed by atoms with Crippen molar-refractivity contribution in [2.45, 2.75) is 19.5 Å². The molecule has 208 valence electrons. The number of hydrogen-bond acceptors (Lipinski definition) is 4. The first-order valence-corrected chi connectivity index (χ1v) is 14.2. The Labute approximate surface area is 248 Å². The van der Waals surface area contributed by atoms with Crippen molar-refractivity contribution in [1.82, 2.24) is 38.7 Å². The number of aromatic nitrogens is 8. The first-order chi connectivity index (χ1) is 21.1. The number of hydrogen-bond donors (Lipinski definition) is 0. The number of imidazole rings is 2. The summed E-state index contributed by atoms with van der Waals surface area (Å²) in [6, 6.07) is 41.2. The van der Waals surface area contributed by atoms with Crippen LogP contribution in [-0.2, 0) is 5.66 Å². The molecule has 0 saturated heterocycles. The number of para-hydroxylation sites is 4. The molecule has 0 amide bonds. The highest BCUT2D eigenvalue weighted by molar-refractivity contribution is 5.78. The topological polar surface area (TPSA) is 71.3 Å². The van der Waals surface area contributed by atoms with Crippen LogP contribution in [0.3, 0.4) is 0 Å². The molecule has 0 atom stereocenters. The summed E-state index contributed by atoms with van der Waals surface area (Å²) >= 11 is 0. The molecule has 8 nitrogen and oxygen atoms in total. The smallest absolute Gasteiger partial charge is 0.161 e. The Morgan fingerprint density at radius 3 is 1.33 bits per heavy atom. The summed E-state index contributed by atoms with van der Waals surface area (Å²) in [7, 11) is 0. The summed E-state index contributed by atoms with van der Waals surface area (Å²) in [5.41, 5.74) is 7.21. The fraction of sp³-hybridized carbons (Fsp3) is 0.0857. The van der Waals surface area contributed by atoms with Gasteiger partial charge in [-0.3, -0.25) is 9.13 Å². The van der Waals surface area contributed by atoms with Crippen molar-refractivity contribution in [3.63, 3.8) is 0 Å². The molecular formula is C35H28N8. The third-order valence-corrected chi connectivity index (χ3v) is 7.97. The van der Waals surface area contributed by atoms with E-state index in [1.165, 1.54) is 0 Å². The largest absolute Gasteiger partial charge is 0.281 e. The number of fused-ring (bicyclic) bond motifs is 2. The summed E-state index contributed by atoms with van der Waals surface area (Å²) in [4.78, 5) is 9.25. The van der Waals surface area contributed by atoms with Crippen molar-refractivity contribution in [3.8, 4) is 34.2 Å². The summed E-state index contributed by atoms with van der Waals surface area (Å²) in [5.74, 6) is 1.57. The molecule has 8 rings (SSSR count). The maximum Gasteiger partial charge on any atom is 0.161 e. The Kier molecular flexibility index (Phi) is 5.62. The molecule has 0 aliphatic carbocycles. The lowest BCUT2D eigenvalue weighted by molar-refractivity contribution is 0.241. The van der Waals surface area contributed by atoms with E-state index in [2.05, 4.69) is 106 Å². The molecular weight excluding hydrogens is 532 g/mol. The first-order valence-electron chi connectivity index (χ1n) is 14.2. The molecule has 0 N–H and O–H groups in total. The number of rotatable bonds is 6. The highest BCUT2D eigenvalue weighted by atomic mass is 15.5. The van der Waals surface area contributed by atoms with Gasteiger partial charge in [0, 0.05) is 12.1 Å². The van der Waals surface area contributed by atoms with E-state index < -0.39 is 5.66 Å². The standard InChI is InChI=1S/C35H28N8/c1-35(2,42-31(25-13-5-3-6-14-25)21-33(38-42)40-23-36-27-17-9-11-19-29(27)40)43-32(26-15-7-4-8-16-26)22-34(39-43)41-24-37-28-18-10-12-20-30(28)41/h3-24H,1-2H3. The molecule has 0 aliphatic rings. The van der Waals surface area contributed by atoms with Crippen LogP contribution in [0.2, 0.25) is 0 Å². The lowest BCUT2D eigenvalue weighted by Crippen LogP contribution is -2.38. The lowest BCUT2D eigenvalue weighted by Gasteiger charge is -2.30. The highest BCUT2D eigenvalue weighted by Crippen LogP contribution is 2.34. The Balaban J connectivity index is 1.36. The van der Waals surface area contributed by atoms with Crippen LogP contribution >= 0.6 is 0 Å². The average molecular weight is 561 g/mol. The van der Waals surface area contributed by atoms with E-state index in [1.807, 2.05) is 70.3 Å². The SMILES string of the molecule is CC(C)(n1nc(-n2cnc3ccccc32)cc1-c1ccccc1)n1nc(-n2cnc3ccccc32)cc1-c1ccccc1. The zero-order valence-electron chi connectivity index (χ0n) is 23.8. The Morgan fingerprint density at radius 1 is 0.488 bits per heavy atom. The van der Waals surface area contributed by atoms with Crippen LogP contribution in [0.1, 0.15) is 13.8 Å². The molecule has 4 heterocycles. The van der Waals surface area contributed by atoms with Gasteiger partial charge in [-0.1, -0.05) is 84.9 Å². The Bertz CT molecular complexity index is 2060. The molecule has 43 heavy (non-hydrogen) atoms. The van der Waals surface area contributed by atoms with E-state index in [4.69, 9.17) is 10.2 Å². The van der Waals surface area contributed by atoms with Gasteiger partial charge in [-0.2, -0.15) is 10.2 Å². The molecule has 0 bridgehead atoms. The minimum Gasteiger partial charge on any atom is -0.281 e. The lowest BCUT2D eigenvalue weighted by atomic mass is 10.1. The molecule has 4 aromatic carbocycles. The predicted molar refractivity (Wildman–Crippen MR) is 169 cm³/mol. The summed E-state index contributed by atoms with van der Waals surface area (Å²) in [6.07, 6.45) is 3.68. The fourth-order valence-corrected chi connectivity index (χ4v) is 5.81. The second-order valence-electron chi connectivity index (χ2n) is 11.0. The second-order valence-corrected chi connectivity index (χ2v) is 11.0. The molecule has 8 heteroatoms. The van der Waals surface area contributed by atoms with Crippen LogP contribution in [0.4, 0.5) is 0 Å². The van der Waals surface area contributed by atoms with Crippen LogP contribution in [0, 0.1) is 0 Å². The van der Waals surface area contributed by atoms with E-state index in [0.717, 1.165) is 56.2 Å². The van der Waals surface area contributed by atoms with Crippen molar-refractivity contribution in [1.29, 1.82) is 0 Å². The fourth-order valence-electron chi connectivity index (χ4n) is 5.81. The third kappa shape index (κ3) is 4.06. The van der Waals surface area contributed by atoms with Gasteiger partial charge >= 0.3 is 0 Å². The molecule has 0 spiro atoms. The minimum absolute atomic E-state index is 0.723. The molecule has 0 unspecified atom stereocenters. The van der Waals surface area contributed by atoms with Gasteiger partial charge in [0.1, 0.15) is 18.3 Å². The predicted octanol–water partition coefficient (Wildman–Crippen LogP) is 7.33.